The van der Waals surface area contributed by atoms with Crippen LogP contribution in [-0.4, -0.2) is 51.2 Å². The second-order valence-electron chi connectivity index (χ2n) is 7.24. The highest BCUT2D eigenvalue weighted by atomic mass is 32.1. The SMILES string of the molecule is CN=C(NCCCOc1ccccc1)NCC1CCCN(C)C1c1cccs1. The fourth-order valence-corrected chi connectivity index (χ4v) is 4.80. The Morgan fingerprint density at radius 1 is 1.21 bits per heavy atom. The molecule has 0 aliphatic carbocycles. The van der Waals surface area contributed by atoms with Gasteiger partial charge in [-0.25, -0.2) is 0 Å². The lowest BCUT2D eigenvalue weighted by Gasteiger charge is -2.39. The van der Waals surface area contributed by atoms with Crippen molar-refractivity contribution in [3.63, 3.8) is 0 Å². The second kappa shape index (κ2) is 11.1. The summed E-state index contributed by atoms with van der Waals surface area (Å²) in [6.07, 6.45) is 3.44. The van der Waals surface area contributed by atoms with Gasteiger partial charge >= 0.3 is 0 Å². The second-order valence-corrected chi connectivity index (χ2v) is 8.22. The number of nitrogens with one attached hydrogen (secondary N) is 2. The number of benzene rings is 1. The number of piperidine rings is 1. The van der Waals surface area contributed by atoms with Gasteiger partial charge in [0.1, 0.15) is 5.75 Å². The smallest absolute Gasteiger partial charge is 0.190 e. The molecule has 1 aliphatic rings. The monoisotopic (exact) mass is 400 g/mol. The largest absolute Gasteiger partial charge is 0.494 e. The summed E-state index contributed by atoms with van der Waals surface area (Å²) in [6, 6.07) is 14.9. The van der Waals surface area contributed by atoms with Crippen LogP contribution in [0.15, 0.2) is 52.8 Å². The maximum atomic E-state index is 5.74. The molecule has 2 heterocycles. The van der Waals surface area contributed by atoms with Crippen LogP contribution in [0, 0.1) is 5.92 Å². The van der Waals surface area contributed by atoms with Crippen LogP contribution >= 0.6 is 11.3 Å². The minimum atomic E-state index is 0.499. The topological polar surface area (TPSA) is 48.9 Å². The van der Waals surface area contributed by atoms with E-state index in [4.69, 9.17) is 4.74 Å². The Bertz CT molecular complexity index is 705. The predicted octanol–water partition coefficient (Wildman–Crippen LogP) is 3.77. The normalized spacial score (nSPS) is 20.7. The molecule has 2 aromatic rings. The van der Waals surface area contributed by atoms with Crippen LogP contribution in [0.3, 0.4) is 0 Å². The van der Waals surface area contributed by atoms with Gasteiger partial charge < -0.3 is 15.4 Å². The van der Waals surface area contributed by atoms with Crippen molar-refractivity contribution in [2.75, 3.05) is 40.3 Å². The molecule has 0 spiro atoms. The summed E-state index contributed by atoms with van der Waals surface area (Å²) >= 11 is 1.87. The average molecular weight is 401 g/mol. The van der Waals surface area contributed by atoms with E-state index in [1.807, 2.05) is 48.7 Å². The molecule has 1 saturated heterocycles. The number of thiophene rings is 1. The van der Waals surface area contributed by atoms with Gasteiger partial charge in [0.15, 0.2) is 5.96 Å². The minimum absolute atomic E-state index is 0.499. The first-order valence-electron chi connectivity index (χ1n) is 10.1. The Morgan fingerprint density at radius 2 is 2.07 bits per heavy atom. The van der Waals surface area contributed by atoms with E-state index in [-0.39, 0.29) is 0 Å². The summed E-state index contributed by atoms with van der Waals surface area (Å²) in [6.45, 7) is 3.65. The molecule has 1 aliphatic heterocycles. The Hall–Kier alpha value is -2.05. The Balaban J connectivity index is 1.40. The molecule has 1 aromatic carbocycles. The first-order valence-corrected chi connectivity index (χ1v) is 11.0. The average Bonchev–Trinajstić information content (AvgIpc) is 3.25. The van der Waals surface area contributed by atoms with Gasteiger partial charge in [0.2, 0.25) is 0 Å². The molecule has 1 aromatic heterocycles. The van der Waals surface area contributed by atoms with Crippen LogP contribution in [0.4, 0.5) is 0 Å². The fourth-order valence-electron chi connectivity index (χ4n) is 3.82. The van der Waals surface area contributed by atoms with Gasteiger partial charge in [-0.3, -0.25) is 9.89 Å². The summed E-state index contributed by atoms with van der Waals surface area (Å²) < 4.78 is 5.74. The zero-order valence-electron chi connectivity index (χ0n) is 16.9. The van der Waals surface area contributed by atoms with Gasteiger partial charge in [0, 0.05) is 31.1 Å². The summed E-state index contributed by atoms with van der Waals surface area (Å²) in [5, 5.41) is 9.12. The van der Waals surface area contributed by atoms with E-state index < -0.39 is 0 Å². The zero-order chi connectivity index (χ0) is 19.6. The van der Waals surface area contributed by atoms with E-state index in [0.717, 1.165) is 31.2 Å². The van der Waals surface area contributed by atoms with E-state index in [0.29, 0.717) is 18.6 Å². The quantitative estimate of drug-likeness (QED) is 0.402. The van der Waals surface area contributed by atoms with Gasteiger partial charge in [-0.05, 0) is 62.4 Å². The molecular weight excluding hydrogens is 368 g/mol. The number of hydrogen-bond donors (Lipinski definition) is 2. The minimum Gasteiger partial charge on any atom is -0.494 e. The summed E-state index contributed by atoms with van der Waals surface area (Å²) in [7, 11) is 4.08. The molecule has 2 N–H and O–H groups in total. The highest BCUT2D eigenvalue weighted by Crippen LogP contribution is 2.36. The molecule has 3 rings (SSSR count). The number of guanidine groups is 1. The summed E-state index contributed by atoms with van der Waals surface area (Å²) in [5.41, 5.74) is 0. The van der Waals surface area contributed by atoms with Crippen LogP contribution in [0.1, 0.15) is 30.2 Å². The standard InChI is InChI=1S/C22H32N4OS/c1-23-22(24-13-8-15-27-19-10-4-3-5-11-19)25-17-18-9-6-14-26(2)21(18)20-12-7-16-28-20/h3-5,7,10-12,16,18,21H,6,8-9,13-15,17H2,1-2H3,(H2,23,24,25). The third-order valence-corrected chi connectivity index (χ3v) is 6.17. The third kappa shape index (κ3) is 5.97. The van der Waals surface area contributed by atoms with Crippen molar-refractivity contribution < 1.29 is 4.74 Å². The van der Waals surface area contributed by atoms with E-state index in [9.17, 15) is 0 Å². The summed E-state index contributed by atoms with van der Waals surface area (Å²) in [5.74, 6) is 2.39. The van der Waals surface area contributed by atoms with Crippen molar-refractivity contribution in [1.82, 2.24) is 15.5 Å². The fraction of sp³-hybridized carbons (Fsp3) is 0.500. The number of rotatable bonds is 8. The van der Waals surface area contributed by atoms with Crippen molar-refractivity contribution in [2.24, 2.45) is 10.9 Å². The van der Waals surface area contributed by atoms with Crippen LogP contribution in [0.2, 0.25) is 0 Å². The number of para-hydroxylation sites is 1. The van der Waals surface area contributed by atoms with Gasteiger partial charge in [0.25, 0.3) is 0 Å². The molecule has 2 unspecified atom stereocenters. The zero-order valence-corrected chi connectivity index (χ0v) is 17.8. The number of hydrogen-bond acceptors (Lipinski definition) is 4. The lowest BCUT2D eigenvalue weighted by Crippen LogP contribution is -2.45. The van der Waals surface area contributed by atoms with Crippen LogP contribution < -0.4 is 15.4 Å². The van der Waals surface area contributed by atoms with E-state index in [1.54, 1.807) is 0 Å². The van der Waals surface area contributed by atoms with Gasteiger partial charge in [-0.2, -0.15) is 0 Å². The molecule has 0 radical (unpaired) electrons. The van der Waals surface area contributed by atoms with Crippen LogP contribution in [0.25, 0.3) is 0 Å². The molecule has 2 atom stereocenters. The van der Waals surface area contributed by atoms with Crippen molar-refractivity contribution in [3.05, 3.63) is 52.7 Å². The highest BCUT2D eigenvalue weighted by molar-refractivity contribution is 7.10. The lowest BCUT2D eigenvalue weighted by molar-refractivity contribution is 0.125. The predicted molar refractivity (Wildman–Crippen MR) is 118 cm³/mol. The van der Waals surface area contributed by atoms with Crippen LogP contribution in [0.5, 0.6) is 5.75 Å². The van der Waals surface area contributed by atoms with Crippen molar-refractivity contribution in [1.29, 1.82) is 0 Å². The van der Waals surface area contributed by atoms with Crippen molar-refractivity contribution >= 4 is 17.3 Å². The molecule has 5 nitrogen and oxygen atoms in total. The number of aliphatic imine (C=N–C) groups is 1. The molecule has 152 valence electrons. The molecule has 1 fully saturated rings. The first-order chi connectivity index (χ1) is 13.8. The van der Waals surface area contributed by atoms with Crippen molar-refractivity contribution in [2.45, 2.75) is 25.3 Å². The molecule has 28 heavy (non-hydrogen) atoms. The van der Waals surface area contributed by atoms with Gasteiger partial charge in [-0.1, -0.05) is 24.3 Å². The summed E-state index contributed by atoms with van der Waals surface area (Å²) in [4.78, 5) is 8.34. The molecule has 0 saturated carbocycles. The number of nitrogens with zero attached hydrogens (tertiary/aromatic N) is 2. The van der Waals surface area contributed by atoms with Crippen LogP contribution in [-0.2, 0) is 0 Å². The van der Waals surface area contributed by atoms with Gasteiger partial charge in [0.05, 0.1) is 6.61 Å². The first kappa shape index (κ1) is 20.7. The Labute approximate surface area is 172 Å². The molecular formula is C22H32N4OS. The van der Waals surface area contributed by atoms with E-state index >= 15 is 0 Å². The third-order valence-electron chi connectivity index (χ3n) is 5.22. The molecule has 0 amide bonds. The highest BCUT2D eigenvalue weighted by Gasteiger charge is 2.31. The Kier molecular flexibility index (Phi) is 8.18. The van der Waals surface area contributed by atoms with E-state index in [1.165, 1.54) is 24.3 Å². The van der Waals surface area contributed by atoms with Gasteiger partial charge in [-0.15, -0.1) is 11.3 Å². The molecule has 6 heteroatoms. The Morgan fingerprint density at radius 3 is 2.82 bits per heavy atom. The maximum absolute atomic E-state index is 5.74. The number of ether oxygens (including phenoxy) is 1. The van der Waals surface area contributed by atoms with Crippen molar-refractivity contribution in [3.8, 4) is 5.75 Å². The lowest BCUT2D eigenvalue weighted by atomic mass is 9.88. The van der Waals surface area contributed by atoms with E-state index in [2.05, 4.69) is 45.1 Å². The number of likely N-dealkylation sites (tertiary alicyclic amines) is 1. The maximum Gasteiger partial charge on any atom is 0.190 e. The molecule has 0 bridgehead atoms.